The lowest BCUT2D eigenvalue weighted by Gasteiger charge is -2.25. The first kappa shape index (κ1) is 27.0. The molecule has 34 heavy (non-hydrogen) atoms. The molecular formula is C26H33FN2O5. The molecule has 7 nitrogen and oxygen atoms in total. The Morgan fingerprint density at radius 1 is 0.971 bits per heavy atom. The van der Waals surface area contributed by atoms with Crippen LogP contribution in [0.3, 0.4) is 0 Å². The van der Waals surface area contributed by atoms with Gasteiger partial charge >= 0.3 is 6.09 Å². The molecular weight excluding hydrogens is 439 g/mol. The van der Waals surface area contributed by atoms with E-state index in [9.17, 15) is 9.18 Å². The summed E-state index contributed by atoms with van der Waals surface area (Å²) in [4.78, 5) is 18.0. The van der Waals surface area contributed by atoms with Crippen molar-refractivity contribution >= 4 is 23.9 Å². The third-order valence-corrected chi connectivity index (χ3v) is 4.24. The molecule has 0 fully saturated rings. The van der Waals surface area contributed by atoms with E-state index in [0.29, 0.717) is 38.0 Å². The second-order valence-electron chi connectivity index (χ2n) is 8.15. The Bertz CT molecular complexity index is 908. The number of halogens is 1. The second kappa shape index (κ2) is 14.1. The van der Waals surface area contributed by atoms with Gasteiger partial charge in [-0.3, -0.25) is 4.90 Å². The number of amides is 1. The lowest BCUT2D eigenvalue weighted by Crippen LogP contribution is -2.33. The Labute approximate surface area is 200 Å². The molecule has 1 aromatic heterocycles. The first-order valence-corrected chi connectivity index (χ1v) is 11.1. The third-order valence-electron chi connectivity index (χ3n) is 4.24. The van der Waals surface area contributed by atoms with Gasteiger partial charge in [-0.1, -0.05) is 30.9 Å². The molecule has 0 saturated heterocycles. The first-order chi connectivity index (χ1) is 16.3. The van der Waals surface area contributed by atoms with E-state index in [0.717, 1.165) is 11.1 Å². The van der Waals surface area contributed by atoms with E-state index in [4.69, 9.17) is 18.9 Å². The van der Waals surface area contributed by atoms with Gasteiger partial charge < -0.3 is 18.9 Å². The lowest BCUT2D eigenvalue weighted by molar-refractivity contribution is 0.0320. The number of anilines is 1. The van der Waals surface area contributed by atoms with Crippen LogP contribution in [0.25, 0.3) is 12.2 Å². The number of aromatic nitrogens is 1. The average Bonchev–Trinajstić information content (AvgIpc) is 2.80. The van der Waals surface area contributed by atoms with E-state index in [2.05, 4.69) is 11.6 Å². The van der Waals surface area contributed by atoms with Crippen molar-refractivity contribution in [2.24, 2.45) is 0 Å². The molecule has 2 rings (SSSR count). The van der Waals surface area contributed by atoms with Gasteiger partial charge in [0.15, 0.2) is 0 Å². The molecule has 0 N–H and O–H groups in total. The minimum absolute atomic E-state index is 0.0951. The smallest absolute Gasteiger partial charge is 0.418 e. The topological polar surface area (TPSA) is 70.1 Å². The van der Waals surface area contributed by atoms with E-state index < -0.39 is 18.4 Å². The normalized spacial score (nSPS) is 11.4. The predicted molar refractivity (Wildman–Crippen MR) is 132 cm³/mol. The predicted octanol–water partition coefficient (Wildman–Crippen LogP) is 5.52. The number of carbonyl (C=O) groups excluding carboxylic acids is 1. The van der Waals surface area contributed by atoms with Crippen molar-refractivity contribution in [2.75, 3.05) is 44.6 Å². The van der Waals surface area contributed by atoms with Crippen LogP contribution >= 0.6 is 0 Å². The molecule has 0 aliphatic heterocycles. The van der Waals surface area contributed by atoms with Crippen molar-refractivity contribution in [1.82, 2.24) is 4.98 Å². The van der Waals surface area contributed by atoms with Gasteiger partial charge in [-0.25, -0.2) is 14.2 Å². The van der Waals surface area contributed by atoms with E-state index in [1.165, 1.54) is 11.1 Å². The van der Waals surface area contributed by atoms with E-state index >= 15 is 0 Å². The second-order valence-corrected chi connectivity index (χ2v) is 8.15. The molecule has 0 unspecified atom stereocenters. The minimum atomic E-state index is -0.587. The summed E-state index contributed by atoms with van der Waals surface area (Å²) in [6, 6.07) is 11.2. The molecule has 0 radical (unpaired) electrons. The molecule has 0 spiro atoms. The molecule has 1 amide bonds. The Morgan fingerprint density at radius 3 is 2.18 bits per heavy atom. The maximum atomic E-state index is 12.3. The number of pyridine rings is 1. The molecule has 0 atom stereocenters. The van der Waals surface area contributed by atoms with Crippen molar-refractivity contribution in [3.63, 3.8) is 0 Å². The van der Waals surface area contributed by atoms with Gasteiger partial charge in [-0.05, 0) is 50.1 Å². The quantitative estimate of drug-likeness (QED) is 0.358. The highest BCUT2D eigenvalue weighted by Gasteiger charge is 2.21. The maximum absolute atomic E-state index is 12.3. The van der Waals surface area contributed by atoms with E-state index in [1.54, 1.807) is 12.3 Å². The lowest BCUT2D eigenvalue weighted by atomic mass is 10.1. The highest BCUT2D eigenvalue weighted by molar-refractivity contribution is 5.90. The van der Waals surface area contributed by atoms with Crippen LogP contribution in [0.4, 0.5) is 14.9 Å². The Morgan fingerprint density at radius 2 is 1.59 bits per heavy atom. The van der Waals surface area contributed by atoms with Gasteiger partial charge in [0.25, 0.3) is 0 Å². The number of hydrogen-bond donors (Lipinski definition) is 0. The zero-order chi connectivity index (χ0) is 24.8. The fraction of sp³-hybridized carbons (Fsp3) is 0.385. The van der Waals surface area contributed by atoms with Crippen LogP contribution in [-0.2, 0) is 14.2 Å². The summed E-state index contributed by atoms with van der Waals surface area (Å²) in [5.74, 6) is 0.505. The fourth-order valence-electron chi connectivity index (χ4n) is 2.69. The summed E-state index contributed by atoms with van der Waals surface area (Å²) in [5, 5.41) is 0. The standard InChI is InChI=1S/C26H33FN2O5/c1-5-29(25(30)34-26(2,3)4)23-11-8-21(9-12-23)6-7-22-10-13-24(28-20-22)33-19-18-32-17-16-31-15-14-27/h5-13,20H,1,14-19H2,2-4H3/b7-6+. The van der Waals surface area contributed by atoms with Gasteiger partial charge in [0, 0.05) is 18.5 Å². The summed E-state index contributed by atoms with van der Waals surface area (Å²) in [7, 11) is 0. The number of nitrogens with zero attached hydrogens (tertiary/aromatic N) is 2. The number of carbonyl (C=O) groups is 1. The molecule has 184 valence electrons. The summed E-state index contributed by atoms with van der Waals surface area (Å²) < 4.78 is 33.1. The molecule has 1 heterocycles. The zero-order valence-electron chi connectivity index (χ0n) is 20.0. The number of alkyl halides is 1. The van der Waals surface area contributed by atoms with Crippen molar-refractivity contribution in [2.45, 2.75) is 26.4 Å². The molecule has 2 aromatic rings. The summed E-state index contributed by atoms with van der Waals surface area (Å²) in [5.41, 5.74) is 1.96. The molecule has 0 saturated carbocycles. The van der Waals surface area contributed by atoms with Crippen LogP contribution in [0, 0.1) is 0 Å². The minimum Gasteiger partial charge on any atom is -0.475 e. The van der Waals surface area contributed by atoms with Gasteiger partial charge in [0.1, 0.15) is 18.9 Å². The van der Waals surface area contributed by atoms with Crippen molar-refractivity contribution in [3.05, 3.63) is 66.5 Å². The first-order valence-electron chi connectivity index (χ1n) is 11.1. The monoisotopic (exact) mass is 472 g/mol. The summed E-state index contributed by atoms with van der Waals surface area (Å²) in [6.07, 6.45) is 6.56. The van der Waals surface area contributed by atoms with Crippen LogP contribution in [-0.4, -0.2) is 56.4 Å². The molecule has 1 aromatic carbocycles. The molecule has 0 aliphatic carbocycles. The highest BCUT2D eigenvalue weighted by Crippen LogP contribution is 2.20. The van der Waals surface area contributed by atoms with Crippen LogP contribution in [0.1, 0.15) is 31.9 Å². The fourth-order valence-corrected chi connectivity index (χ4v) is 2.69. The van der Waals surface area contributed by atoms with Crippen LogP contribution < -0.4 is 9.64 Å². The Kier molecular flexibility index (Phi) is 11.2. The van der Waals surface area contributed by atoms with Crippen molar-refractivity contribution < 1.29 is 28.1 Å². The average molecular weight is 473 g/mol. The molecule has 0 aliphatic rings. The molecule has 8 heteroatoms. The van der Waals surface area contributed by atoms with Gasteiger partial charge in [-0.15, -0.1) is 0 Å². The maximum Gasteiger partial charge on any atom is 0.418 e. The van der Waals surface area contributed by atoms with Gasteiger partial charge in [0.05, 0.1) is 32.1 Å². The van der Waals surface area contributed by atoms with Crippen LogP contribution in [0.2, 0.25) is 0 Å². The number of benzene rings is 1. The number of hydrogen-bond acceptors (Lipinski definition) is 6. The largest absolute Gasteiger partial charge is 0.475 e. The van der Waals surface area contributed by atoms with E-state index in [1.807, 2.05) is 63.3 Å². The molecule has 0 bridgehead atoms. The Hall–Kier alpha value is -3.23. The van der Waals surface area contributed by atoms with Crippen LogP contribution in [0.15, 0.2) is 55.4 Å². The highest BCUT2D eigenvalue weighted by atomic mass is 19.1. The number of ether oxygens (including phenoxy) is 4. The summed E-state index contributed by atoms with van der Waals surface area (Å²) >= 11 is 0. The third kappa shape index (κ3) is 10.1. The van der Waals surface area contributed by atoms with Crippen LogP contribution in [0.5, 0.6) is 5.88 Å². The van der Waals surface area contributed by atoms with E-state index in [-0.39, 0.29) is 6.61 Å². The zero-order valence-corrected chi connectivity index (χ0v) is 20.0. The number of rotatable bonds is 13. The van der Waals surface area contributed by atoms with Crippen molar-refractivity contribution in [1.29, 1.82) is 0 Å². The Balaban J connectivity index is 1.81. The van der Waals surface area contributed by atoms with Gasteiger partial charge in [-0.2, -0.15) is 0 Å². The summed E-state index contributed by atoms with van der Waals surface area (Å²) in [6.45, 7) is 10.3. The SMILES string of the molecule is C=CN(C(=O)OC(C)(C)C)c1ccc(/C=C/c2ccc(OCCOCCOCCF)nc2)cc1. The van der Waals surface area contributed by atoms with Crippen molar-refractivity contribution in [3.8, 4) is 5.88 Å². The van der Waals surface area contributed by atoms with Gasteiger partial charge in [0.2, 0.25) is 5.88 Å².